The Bertz CT molecular complexity index is 1060. The summed E-state index contributed by atoms with van der Waals surface area (Å²) in [5.74, 6) is -0.496. The fourth-order valence-electron chi connectivity index (χ4n) is 5.87. The number of likely N-dealkylation sites (tertiary alicyclic amines) is 1. The normalized spacial score (nSPS) is 23.1. The van der Waals surface area contributed by atoms with Crippen molar-refractivity contribution in [2.75, 3.05) is 26.2 Å². The van der Waals surface area contributed by atoms with Crippen LogP contribution in [0.2, 0.25) is 0 Å². The van der Waals surface area contributed by atoms with Crippen LogP contribution in [0.25, 0.3) is 11.1 Å². The van der Waals surface area contributed by atoms with E-state index in [0.717, 1.165) is 19.3 Å². The van der Waals surface area contributed by atoms with E-state index in [9.17, 15) is 19.5 Å². The molecule has 2 aromatic carbocycles. The number of ether oxygens (including phenoxy) is 1. The number of carbonyl (C=O) groups excluding carboxylic acids is 2. The van der Waals surface area contributed by atoms with Gasteiger partial charge in [-0.05, 0) is 59.8 Å². The Morgan fingerprint density at radius 1 is 0.971 bits per heavy atom. The summed E-state index contributed by atoms with van der Waals surface area (Å²) in [4.78, 5) is 37.9. The molecule has 184 valence electrons. The van der Waals surface area contributed by atoms with Crippen molar-refractivity contribution < 1.29 is 24.2 Å². The first-order valence-corrected chi connectivity index (χ1v) is 12.6. The third-order valence-corrected chi connectivity index (χ3v) is 7.80. The monoisotopic (exact) mass is 476 g/mol. The molecule has 0 bridgehead atoms. The summed E-state index contributed by atoms with van der Waals surface area (Å²) in [6.45, 7) is 1.83. The molecule has 2 fully saturated rings. The number of aliphatic carboxylic acids is 1. The fraction of sp³-hybridized carbons (Fsp3) is 0.464. The zero-order valence-electron chi connectivity index (χ0n) is 19.8. The molecule has 1 atom stereocenters. The number of alkyl carbamates (subject to hydrolysis) is 1. The number of fused-ring (bicyclic) bond motifs is 3. The zero-order chi connectivity index (χ0) is 24.4. The van der Waals surface area contributed by atoms with E-state index in [0.29, 0.717) is 50.9 Å². The van der Waals surface area contributed by atoms with E-state index in [-0.39, 0.29) is 11.8 Å². The van der Waals surface area contributed by atoms with E-state index >= 15 is 0 Å². The van der Waals surface area contributed by atoms with E-state index in [1.165, 1.54) is 22.3 Å². The number of carboxylic acid groups (broad SMARTS) is 1. The Morgan fingerprint density at radius 3 is 2.29 bits per heavy atom. The minimum absolute atomic E-state index is 0.0442. The van der Waals surface area contributed by atoms with Crippen molar-refractivity contribution in [1.82, 2.24) is 10.2 Å². The average Bonchev–Trinajstić information content (AvgIpc) is 3.17. The number of piperidine rings is 1. The van der Waals surface area contributed by atoms with Gasteiger partial charge in [0.05, 0.1) is 5.92 Å². The topological polar surface area (TPSA) is 95.9 Å². The summed E-state index contributed by atoms with van der Waals surface area (Å²) < 4.78 is 5.60. The third-order valence-electron chi connectivity index (χ3n) is 7.80. The summed E-state index contributed by atoms with van der Waals surface area (Å²) in [6, 6.07) is 16.5. The standard InChI is InChI=1S/C28H32N2O5/c31-26(30-11-5-6-20(16-30)27(32)33)14-18-12-19(13-18)15-29-28(34)35-17-25-23-9-3-1-7-21(23)22-8-2-4-10-24(22)25/h1-4,7-10,18-20,25H,5-6,11-17H2,(H,29,34)(H,32,33). The minimum Gasteiger partial charge on any atom is -0.481 e. The Morgan fingerprint density at radius 2 is 1.63 bits per heavy atom. The second kappa shape index (κ2) is 10.1. The summed E-state index contributed by atoms with van der Waals surface area (Å²) >= 11 is 0. The molecular weight excluding hydrogens is 444 g/mol. The van der Waals surface area contributed by atoms with Gasteiger partial charge in [0, 0.05) is 32.0 Å². The van der Waals surface area contributed by atoms with Crippen LogP contribution in [0.5, 0.6) is 0 Å². The van der Waals surface area contributed by atoms with Crippen LogP contribution in [0.4, 0.5) is 4.79 Å². The molecule has 7 heteroatoms. The van der Waals surface area contributed by atoms with E-state index in [1.54, 1.807) is 4.90 Å². The molecule has 35 heavy (non-hydrogen) atoms. The Kier molecular flexibility index (Phi) is 6.75. The quantitative estimate of drug-likeness (QED) is 0.622. The number of hydrogen-bond acceptors (Lipinski definition) is 4. The molecule has 0 spiro atoms. The summed E-state index contributed by atoms with van der Waals surface area (Å²) in [5.41, 5.74) is 4.79. The van der Waals surface area contributed by atoms with Crippen LogP contribution in [0, 0.1) is 17.8 Å². The molecule has 1 heterocycles. The number of nitrogens with one attached hydrogen (secondary N) is 1. The molecule has 7 nitrogen and oxygen atoms in total. The van der Waals surface area contributed by atoms with Gasteiger partial charge in [-0.25, -0.2) is 4.79 Å². The lowest BCUT2D eigenvalue weighted by Crippen LogP contribution is -2.44. The molecule has 2 aromatic rings. The number of nitrogens with zero attached hydrogens (tertiary/aromatic N) is 1. The number of hydrogen-bond donors (Lipinski definition) is 2. The Balaban J connectivity index is 1.03. The lowest BCUT2D eigenvalue weighted by molar-refractivity contribution is -0.146. The highest BCUT2D eigenvalue weighted by Crippen LogP contribution is 2.44. The number of amides is 2. The minimum atomic E-state index is -0.814. The Labute approximate surface area is 205 Å². The summed E-state index contributed by atoms with van der Waals surface area (Å²) in [6.07, 6.45) is 3.25. The molecule has 1 unspecified atom stereocenters. The van der Waals surface area contributed by atoms with Crippen LogP contribution in [-0.4, -0.2) is 54.2 Å². The van der Waals surface area contributed by atoms with Crippen molar-refractivity contribution >= 4 is 18.0 Å². The number of carbonyl (C=O) groups is 3. The number of benzene rings is 2. The van der Waals surface area contributed by atoms with Gasteiger partial charge in [0.2, 0.25) is 5.91 Å². The predicted molar refractivity (Wildman–Crippen MR) is 131 cm³/mol. The van der Waals surface area contributed by atoms with Crippen molar-refractivity contribution in [2.24, 2.45) is 17.8 Å². The maximum atomic E-state index is 12.6. The predicted octanol–water partition coefficient (Wildman–Crippen LogP) is 4.26. The second-order valence-corrected chi connectivity index (χ2v) is 10.1. The van der Waals surface area contributed by atoms with Gasteiger partial charge >= 0.3 is 12.1 Å². The molecule has 2 amide bonds. The molecule has 5 rings (SSSR count). The molecule has 2 N–H and O–H groups in total. The van der Waals surface area contributed by atoms with Gasteiger partial charge < -0.3 is 20.1 Å². The van der Waals surface area contributed by atoms with Gasteiger partial charge in [-0.2, -0.15) is 0 Å². The van der Waals surface area contributed by atoms with Crippen molar-refractivity contribution in [3.05, 3.63) is 59.7 Å². The molecule has 0 radical (unpaired) electrons. The Hall–Kier alpha value is -3.35. The van der Waals surface area contributed by atoms with Crippen LogP contribution >= 0.6 is 0 Å². The van der Waals surface area contributed by atoms with Gasteiger partial charge in [-0.3, -0.25) is 9.59 Å². The average molecular weight is 477 g/mol. The van der Waals surface area contributed by atoms with Gasteiger partial charge in [0.25, 0.3) is 0 Å². The molecule has 1 saturated heterocycles. The van der Waals surface area contributed by atoms with Crippen molar-refractivity contribution in [3.63, 3.8) is 0 Å². The second-order valence-electron chi connectivity index (χ2n) is 10.1. The van der Waals surface area contributed by atoms with E-state index in [2.05, 4.69) is 29.6 Å². The van der Waals surface area contributed by atoms with Crippen molar-refractivity contribution in [3.8, 4) is 11.1 Å². The molecule has 1 aliphatic heterocycles. The first-order valence-electron chi connectivity index (χ1n) is 12.6. The smallest absolute Gasteiger partial charge is 0.407 e. The van der Waals surface area contributed by atoms with E-state index in [1.807, 2.05) is 24.3 Å². The zero-order valence-corrected chi connectivity index (χ0v) is 19.8. The summed E-state index contributed by atoms with van der Waals surface area (Å²) in [7, 11) is 0. The molecule has 0 aromatic heterocycles. The van der Waals surface area contributed by atoms with Gasteiger partial charge in [0.1, 0.15) is 6.61 Å². The molecule has 1 saturated carbocycles. The highest BCUT2D eigenvalue weighted by atomic mass is 16.5. The van der Waals surface area contributed by atoms with Crippen molar-refractivity contribution in [1.29, 1.82) is 0 Å². The van der Waals surface area contributed by atoms with Crippen LogP contribution in [0.1, 0.15) is 49.1 Å². The highest BCUT2D eigenvalue weighted by molar-refractivity contribution is 5.79. The maximum Gasteiger partial charge on any atom is 0.407 e. The molecular formula is C28H32N2O5. The van der Waals surface area contributed by atoms with Crippen molar-refractivity contribution in [2.45, 2.75) is 38.0 Å². The number of rotatable bonds is 7. The van der Waals surface area contributed by atoms with Gasteiger partial charge in [-0.15, -0.1) is 0 Å². The summed E-state index contributed by atoms with van der Waals surface area (Å²) in [5, 5.41) is 12.1. The van der Waals surface area contributed by atoms with E-state index in [4.69, 9.17) is 4.74 Å². The lowest BCUT2D eigenvalue weighted by atomic mass is 9.73. The molecule has 2 aliphatic carbocycles. The van der Waals surface area contributed by atoms with Crippen LogP contribution in [-0.2, 0) is 14.3 Å². The van der Waals surface area contributed by atoms with Gasteiger partial charge in [-0.1, -0.05) is 48.5 Å². The lowest BCUT2D eigenvalue weighted by Gasteiger charge is -2.37. The van der Waals surface area contributed by atoms with E-state index < -0.39 is 18.0 Å². The fourth-order valence-corrected chi connectivity index (χ4v) is 5.87. The third kappa shape index (κ3) is 5.04. The van der Waals surface area contributed by atoms with Crippen LogP contribution < -0.4 is 5.32 Å². The largest absolute Gasteiger partial charge is 0.481 e. The van der Waals surface area contributed by atoms with Gasteiger partial charge in [0.15, 0.2) is 0 Å². The maximum absolute atomic E-state index is 12.6. The first-order chi connectivity index (χ1) is 17.0. The number of carboxylic acids is 1. The SMILES string of the molecule is O=C(NCC1CC(CC(=O)N2CCCC(C(=O)O)C2)C1)OCC1c2ccccc2-c2ccccc21. The molecule has 3 aliphatic rings. The van der Waals surface area contributed by atoms with Crippen LogP contribution in [0.3, 0.4) is 0 Å². The van der Waals surface area contributed by atoms with Crippen LogP contribution in [0.15, 0.2) is 48.5 Å². The first kappa shape index (κ1) is 23.4. The highest BCUT2D eigenvalue weighted by Gasteiger charge is 2.34.